The van der Waals surface area contributed by atoms with Crippen molar-refractivity contribution in [1.29, 1.82) is 0 Å². The fourth-order valence-corrected chi connectivity index (χ4v) is 2.91. The topological polar surface area (TPSA) is 48.4 Å². The monoisotopic (exact) mass is 251 g/mol. The number of rotatable bonds is 5. The third-order valence-electron chi connectivity index (χ3n) is 3.99. The van der Waals surface area contributed by atoms with E-state index in [0.29, 0.717) is 12.0 Å². The van der Waals surface area contributed by atoms with Gasteiger partial charge in [-0.2, -0.15) is 0 Å². The van der Waals surface area contributed by atoms with Gasteiger partial charge < -0.3 is 14.9 Å². The van der Waals surface area contributed by atoms with Gasteiger partial charge in [-0.3, -0.25) is 0 Å². The Hall–Kier alpha value is -0.800. The summed E-state index contributed by atoms with van der Waals surface area (Å²) in [6.07, 6.45) is 8.14. The Morgan fingerprint density at radius 1 is 1.44 bits per heavy atom. The van der Waals surface area contributed by atoms with Gasteiger partial charge in [0.15, 0.2) is 0 Å². The van der Waals surface area contributed by atoms with E-state index < -0.39 is 0 Å². The van der Waals surface area contributed by atoms with Crippen LogP contribution in [-0.4, -0.2) is 12.1 Å². The Morgan fingerprint density at radius 3 is 2.83 bits per heavy atom. The van der Waals surface area contributed by atoms with Crippen molar-refractivity contribution < 1.29 is 9.15 Å². The van der Waals surface area contributed by atoms with Crippen LogP contribution in [0.1, 0.15) is 57.8 Å². The standard InChI is InChI=1S/C15H25NO2/c1-3-12-7-4-5-8-13(12)18-15(11(2)16)14-9-6-10-17-14/h6,9-13,15H,3-5,7-8,16H2,1-2H3. The van der Waals surface area contributed by atoms with E-state index in [-0.39, 0.29) is 12.1 Å². The molecule has 18 heavy (non-hydrogen) atoms. The fraction of sp³-hybridized carbons (Fsp3) is 0.733. The molecule has 1 fully saturated rings. The summed E-state index contributed by atoms with van der Waals surface area (Å²) in [6, 6.07) is 3.81. The number of nitrogens with two attached hydrogens (primary N) is 1. The molecule has 3 nitrogen and oxygen atoms in total. The minimum atomic E-state index is -0.114. The minimum absolute atomic E-state index is 0.0458. The highest BCUT2D eigenvalue weighted by molar-refractivity contribution is 5.04. The minimum Gasteiger partial charge on any atom is -0.467 e. The van der Waals surface area contributed by atoms with E-state index in [2.05, 4.69) is 6.92 Å². The van der Waals surface area contributed by atoms with Crippen molar-refractivity contribution in [2.45, 2.75) is 64.2 Å². The zero-order valence-electron chi connectivity index (χ0n) is 11.5. The molecular weight excluding hydrogens is 226 g/mol. The van der Waals surface area contributed by atoms with Crippen LogP contribution in [0.15, 0.2) is 22.8 Å². The number of ether oxygens (including phenoxy) is 1. The van der Waals surface area contributed by atoms with E-state index >= 15 is 0 Å². The normalized spacial score (nSPS) is 27.9. The fourth-order valence-electron chi connectivity index (χ4n) is 2.91. The van der Waals surface area contributed by atoms with Crippen molar-refractivity contribution in [3.63, 3.8) is 0 Å². The summed E-state index contributed by atoms with van der Waals surface area (Å²) in [6.45, 7) is 4.23. The van der Waals surface area contributed by atoms with E-state index in [4.69, 9.17) is 14.9 Å². The van der Waals surface area contributed by atoms with Crippen LogP contribution < -0.4 is 5.73 Å². The van der Waals surface area contributed by atoms with Crippen LogP contribution in [0, 0.1) is 5.92 Å². The average molecular weight is 251 g/mol. The molecule has 1 aromatic rings. The van der Waals surface area contributed by atoms with Crippen LogP contribution >= 0.6 is 0 Å². The second-order valence-electron chi connectivity index (χ2n) is 5.42. The predicted molar refractivity (Wildman–Crippen MR) is 72.2 cm³/mol. The molecule has 1 saturated carbocycles. The molecule has 2 rings (SSSR count). The molecule has 0 saturated heterocycles. The summed E-state index contributed by atoms with van der Waals surface area (Å²) in [5.41, 5.74) is 6.05. The van der Waals surface area contributed by atoms with Crippen LogP contribution in [0.4, 0.5) is 0 Å². The second-order valence-corrected chi connectivity index (χ2v) is 5.42. The molecule has 0 aromatic carbocycles. The first kappa shape index (κ1) is 13.6. The largest absolute Gasteiger partial charge is 0.467 e. The molecule has 0 spiro atoms. The number of hydrogen-bond acceptors (Lipinski definition) is 3. The summed E-state index contributed by atoms with van der Waals surface area (Å²) >= 11 is 0. The van der Waals surface area contributed by atoms with Crippen molar-refractivity contribution in [1.82, 2.24) is 0 Å². The summed E-state index contributed by atoms with van der Waals surface area (Å²) in [5.74, 6) is 1.53. The Balaban J connectivity index is 2.04. The highest BCUT2D eigenvalue weighted by Gasteiger charge is 2.30. The number of furan rings is 1. The van der Waals surface area contributed by atoms with Gasteiger partial charge in [-0.25, -0.2) is 0 Å². The zero-order chi connectivity index (χ0) is 13.0. The van der Waals surface area contributed by atoms with Gasteiger partial charge in [0.2, 0.25) is 0 Å². The number of hydrogen-bond donors (Lipinski definition) is 1. The van der Waals surface area contributed by atoms with Crippen LogP contribution in [0.5, 0.6) is 0 Å². The first-order chi connectivity index (χ1) is 8.72. The highest BCUT2D eigenvalue weighted by atomic mass is 16.5. The molecule has 3 heteroatoms. The Kier molecular flexibility index (Phi) is 4.84. The lowest BCUT2D eigenvalue weighted by molar-refractivity contribution is -0.0776. The summed E-state index contributed by atoms with van der Waals surface area (Å²) in [7, 11) is 0. The lowest BCUT2D eigenvalue weighted by Gasteiger charge is -2.34. The SMILES string of the molecule is CCC1CCCCC1OC(c1ccco1)C(C)N. The molecule has 2 N–H and O–H groups in total. The zero-order valence-corrected chi connectivity index (χ0v) is 11.5. The Morgan fingerprint density at radius 2 is 2.22 bits per heavy atom. The van der Waals surface area contributed by atoms with Gasteiger partial charge in [0.25, 0.3) is 0 Å². The van der Waals surface area contributed by atoms with Crippen LogP contribution in [0.25, 0.3) is 0 Å². The molecule has 0 amide bonds. The second kappa shape index (κ2) is 6.39. The Labute approximate surface area is 110 Å². The molecule has 1 aliphatic rings. The van der Waals surface area contributed by atoms with Crippen molar-refractivity contribution in [3.05, 3.63) is 24.2 Å². The molecule has 4 atom stereocenters. The quantitative estimate of drug-likeness (QED) is 0.869. The van der Waals surface area contributed by atoms with Gasteiger partial charge in [0.1, 0.15) is 11.9 Å². The summed E-state index contributed by atoms with van der Waals surface area (Å²) in [4.78, 5) is 0. The predicted octanol–water partition coefficient (Wildman–Crippen LogP) is 3.65. The maximum Gasteiger partial charge on any atom is 0.134 e. The van der Waals surface area contributed by atoms with Crippen LogP contribution in [-0.2, 0) is 4.74 Å². The third kappa shape index (κ3) is 3.15. The maximum absolute atomic E-state index is 6.28. The first-order valence-electron chi connectivity index (χ1n) is 7.16. The lowest BCUT2D eigenvalue weighted by Crippen LogP contribution is -2.34. The van der Waals surface area contributed by atoms with Crippen LogP contribution in [0.3, 0.4) is 0 Å². The van der Waals surface area contributed by atoms with Gasteiger partial charge in [-0.15, -0.1) is 0 Å². The molecule has 4 unspecified atom stereocenters. The Bertz CT molecular complexity index is 334. The molecule has 0 aliphatic heterocycles. The third-order valence-corrected chi connectivity index (χ3v) is 3.99. The smallest absolute Gasteiger partial charge is 0.134 e. The first-order valence-corrected chi connectivity index (χ1v) is 7.16. The molecule has 102 valence electrons. The van der Waals surface area contributed by atoms with Crippen LogP contribution in [0.2, 0.25) is 0 Å². The van der Waals surface area contributed by atoms with Gasteiger partial charge in [-0.05, 0) is 37.8 Å². The molecular formula is C15H25NO2. The van der Waals surface area contributed by atoms with E-state index in [1.54, 1.807) is 6.26 Å². The molecule has 1 aromatic heterocycles. The summed E-state index contributed by atoms with van der Waals surface area (Å²) in [5, 5.41) is 0. The van der Waals surface area contributed by atoms with Gasteiger partial charge >= 0.3 is 0 Å². The van der Waals surface area contributed by atoms with E-state index in [0.717, 1.165) is 12.2 Å². The van der Waals surface area contributed by atoms with Gasteiger partial charge in [0.05, 0.1) is 12.4 Å². The van der Waals surface area contributed by atoms with Crippen molar-refractivity contribution in [2.75, 3.05) is 0 Å². The van der Waals surface area contributed by atoms with Crippen molar-refractivity contribution in [3.8, 4) is 0 Å². The van der Waals surface area contributed by atoms with E-state index in [1.165, 1.54) is 25.7 Å². The molecule has 1 heterocycles. The van der Waals surface area contributed by atoms with Crippen molar-refractivity contribution >= 4 is 0 Å². The summed E-state index contributed by atoms with van der Waals surface area (Å²) < 4.78 is 11.7. The van der Waals surface area contributed by atoms with Gasteiger partial charge in [0, 0.05) is 6.04 Å². The lowest BCUT2D eigenvalue weighted by atomic mass is 9.84. The molecule has 0 radical (unpaired) electrons. The van der Waals surface area contributed by atoms with E-state index in [9.17, 15) is 0 Å². The van der Waals surface area contributed by atoms with Gasteiger partial charge in [-0.1, -0.05) is 26.2 Å². The highest BCUT2D eigenvalue weighted by Crippen LogP contribution is 2.33. The maximum atomic E-state index is 6.28. The molecule has 1 aliphatic carbocycles. The van der Waals surface area contributed by atoms with E-state index in [1.807, 2.05) is 19.1 Å². The van der Waals surface area contributed by atoms with Crippen molar-refractivity contribution in [2.24, 2.45) is 11.7 Å². The molecule has 0 bridgehead atoms. The average Bonchev–Trinajstić information content (AvgIpc) is 2.89.